The molecule has 2 aliphatic rings. The van der Waals surface area contributed by atoms with Gasteiger partial charge in [0.1, 0.15) is 0 Å². The van der Waals surface area contributed by atoms with E-state index in [0.717, 1.165) is 12.5 Å². The fourth-order valence-corrected chi connectivity index (χ4v) is 1.69. The zero-order chi connectivity index (χ0) is 6.10. The second-order valence-electron chi connectivity index (χ2n) is 2.91. The average molecular weight is 124 g/mol. The Morgan fingerprint density at radius 3 is 3.33 bits per heavy atom. The fourth-order valence-electron chi connectivity index (χ4n) is 1.69. The van der Waals surface area contributed by atoms with Crippen LogP contribution in [0.25, 0.3) is 0 Å². The van der Waals surface area contributed by atoms with Gasteiger partial charge in [-0.05, 0) is 19.3 Å². The van der Waals surface area contributed by atoms with Crippen molar-refractivity contribution in [2.24, 2.45) is 11.0 Å². The molecule has 1 unspecified atom stereocenters. The van der Waals surface area contributed by atoms with E-state index in [-0.39, 0.29) is 0 Å². The van der Waals surface area contributed by atoms with Gasteiger partial charge in [0.15, 0.2) is 0 Å². The van der Waals surface area contributed by atoms with Crippen molar-refractivity contribution in [2.45, 2.75) is 25.7 Å². The SMILES string of the molecule is C1CCC2CNN=C2C1. The van der Waals surface area contributed by atoms with E-state index < -0.39 is 0 Å². The lowest BCUT2D eigenvalue weighted by Gasteiger charge is -2.16. The number of nitrogens with one attached hydrogen (secondary N) is 1. The molecule has 0 saturated heterocycles. The Kier molecular flexibility index (Phi) is 1.18. The summed E-state index contributed by atoms with van der Waals surface area (Å²) in [7, 11) is 0. The lowest BCUT2D eigenvalue weighted by atomic mass is 9.88. The van der Waals surface area contributed by atoms with Crippen molar-refractivity contribution < 1.29 is 0 Å². The number of rotatable bonds is 0. The van der Waals surface area contributed by atoms with Gasteiger partial charge in [0, 0.05) is 18.2 Å². The molecule has 50 valence electrons. The van der Waals surface area contributed by atoms with Crippen molar-refractivity contribution in [3.05, 3.63) is 0 Å². The van der Waals surface area contributed by atoms with Crippen LogP contribution < -0.4 is 5.43 Å². The molecule has 1 atom stereocenters. The van der Waals surface area contributed by atoms with Crippen LogP contribution in [0.2, 0.25) is 0 Å². The zero-order valence-electron chi connectivity index (χ0n) is 5.56. The molecule has 0 bridgehead atoms. The summed E-state index contributed by atoms with van der Waals surface area (Å²) in [4.78, 5) is 0. The van der Waals surface area contributed by atoms with Gasteiger partial charge in [-0.2, -0.15) is 5.10 Å². The third-order valence-electron chi connectivity index (χ3n) is 2.27. The monoisotopic (exact) mass is 124 g/mol. The van der Waals surface area contributed by atoms with E-state index >= 15 is 0 Å². The highest BCUT2D eigenvalue weighted by Crippen LogP contribution is 2.23. The third-order valence-corrected chi connectivity index (χ3v) is 2.27. The van der Waals surface area contributed by atoms with E-state index in [0.29, 0.717) is 0 Å². The summed E-state index contributed by atoms with van der Waals surface area (Å²) in [5, 5.41) is 4.22. The van der Waals surface area contributed by atoms with Crippen molar-refractivity contribution >= 4 is 5.71 Å². The normalized spacial score (nSPS) is 32.9. The maximum Gasteiger partial charge on any atom is 0.0427 e. The van der Waals surface area contributed by atoms with Crippen LogP contribution >= 0.6 is 0 Å². The van der Waals surface area contributed by atoms with Gasteiger partial charge in [-0.15, -0.1) is 0 Å². The van der Waals surface area contributed by atoms with E-state index in [2.05, 4.69) is 10.5 Å². The summed E-state index contributed by atoms with van der Waals surface area (Å²) in [6, 6.07) is 0. The summed E-state index contributed by atoms with van der Waals surface area (Å²) >= 11 is 0. The van der Waals surface area contributed by atoms with Crippen LogP contribution in [0.1, 0.15) is 25.7 Å². The highest BCUT2D eigenvalue weighted by Gasteiger charge is 2.23. The Labute approximate surface area is 55.3 Å². The summed E-state index contributed by atoms with van der Waals surface area (Å²) < 4.78 is 0. The molecular formula is C7H12N2. The first-order valence-electron chi connectivity index (χ1n) is 3.76. The zero-order valence-corrected chi connectivity index (χ0v) is 5.56. The van der Waals surface area contributed by atoms with Gasteiger partial charge in [-0.3, -0.25) is 0 Å². The molecule has 2 heteroatoms. The minimum Gasteiger partial charge on any atom is -0.309 e. The molecule has 2 nitrogen and oxygen atoms in total. The van der Waals surface area contributed by atoms with E-state index in [4.69, 9.17) is 0 Å². The summed E-state index contributed by atoms with van der Waals surface area (Å²) in [6.07, 6.45) is 5.38. The number of nitrogens with zero attached hydrogens (tertiary/aromatic N) is 1. The summed E-state index contributed by atoms with van der Waals surface area (Å²) in [5.74, 6) is 0.804. The van der Waals surface area contributed by atoms with Crippen LogP contribution in [0.15, 0.2) is 5.10 Å². The molecule has 0 amide bonds. The Bertz CT molecular complexity index is 140. The van der Waals surface area contributed by atoms with Crippen molar-refractivity contribution in [3.63, 3.8) is 0 Å². The minimum atomic E-state index is 0.804. The van der Waals surface area contributed by atoms with Gasteiger partial charge in [-0.25, -0.2) is 0 Å². The molecule has 1 fully saturated rings. The molecule has 1 N–H and O–H groups in total. The summed E-state index contributed by atoms with van der Waals surface area (Å²) in [6.45, 7) is 1.11. The maximum absolute atomic E-state index is 4.22. The second kappa shape index (κ2) is 2.01. The van der Waals surface area contributed by atoms with Crippen LogP contribution in [-0.2, 0) is 0 Å². The average Bonchev–Trinajstić information content (AvgIpc) is 2.33. The van der Waals surface area contributed by atoms with Crippen LogP contribution in [0.3, 0.4) is 0 Å². The number of hydrogen-bond donors (Lipinski definition) is 1. The van der Waals surface area contributed by atoms with Crippen molar-refractivity contribution in [3.8, 4) is 0 Å². The first-order valence-corrected chi connectivity index (χ1v) is 3.76. The Hall–Kier alpha value is -0.530. The molecule has 1 heterocycles. The second-order valence-corrected chi connectivity index (χ2v) is 2.91. The predicted molar refractivity (Wildman–Crippen MR) is 37.4 cm³/mol. The molecule has 2 rings (SSSR count). The van der Waals surface area contributed by atoms with Crippen LogP contribution in [-0.4, -0.2) is 12.3 Å². The van der Waals surface area contributed by atoms with Crippen LogP contribution in [0, 0.1) is 5.92 Å². The standard InChI is InChI=1S/C7H12N2/c1-2-4-7-6(3-1)5-8-9-7/h6,8H,1-5H2. The molecule has 1 aliphatic carbocycles. The molecule has 0 aromatic heterocycles. The fraction of sp³-hybridized carbons (Fsp3) is 0.857. The molecule has 1 aliphatic heterocycles. The van der Waals surface area contributed by atoms with Crippen molar-refractivity contribution in [1.29, 1.82) is 0 Å². The lowest BCUT2D eigenvalue weighted by molar-refractivity contribution is 0.535. The van der Waals surface area contributed by atoms with E-state index in [9.17, 15) is 0 Å². The lowest BCUT2D eigenvalue weighted by Crippen LogP contribution is -2.18. The van der Waals surface area contributed by atoms with Gasteiger partial charge in [0.2, 0.25) is 0 Å². The molecule has 9 heavy (non-hydrogen) atoms. The quantitative estimate of drug-likeness (QED) is 0.514. The number of hydrazone groups is 1. The largest absolute Gasteiger partial charge is 0.309 e. The van der Waals surface area contributed by atoms with Crippen LogP contribution in [0.5, 0.6) is 0 Å². The number of fused-ring (bicyclic) bond motifs is 1. The first-order chi connectivity index (χ1) is 4.47. The molecule has 1 saturated carbocycles. The molecular weight excluding hydrogens is 112 g/mol. The third kappa shape index (κ3) is 0.824. The maximum atomic E-state index is 4.22. The van der Waals surface area contributed by atoms with E-state index in [1.807, 2.05) is 0 Å². The Morgan fingerprint density at radius 2 is 2.44 bits per heavy atom. The highest BCUT2D eigenvalue weighted by molar-refractivity contribution is 5.88. The molecule has 0 spiro atoms. The van der Waals surface area contributed by atoms with Crippen molar-refractivity contribution in [2.75, 3.05) is 6.54 Å². The van der Waals surface area contributed by atoms with Crippen molar-refractivity contribution in [1.82, 2.24) is 5.43 Å². The predicted octanol–water partition coefficient (Wildman–Crippen LogP) is 1.14. The molecule has 0 radical (unpaired) electrons. The van der Waals surface area contributed by atoms with Crippen LogP contribution in [0.4, 0.5) is 0 Å². The van der Waals surface area contributed by atoms with Gasteiger partial charge < -0.3 is 5.43 Å². The van der Waals surface area contributed by atoms with Gasteiger partial charge >= 0.3 is 0 Å². The topological polar surface area (TPSA) is 24.4 Å². The van der Waals surface area contributed by atoms with Gasteiger partial charge in [0.05, 0.1) is 0 Å². The smallest absolute Gasteiger partial charge is 0.0427 e. The number of hydrogen-bond acceptors (Lipinski definition) is 2. The van der Waals surface area contributed by atoms with E-state index in [1.54, 1.807) is 0 Å². The Balaban J connectivity index is 2.09. The summed E-state index contributed by atoms with van der Waals surface area (Å²) in [5.41, 5.74) is 4.48. The van der Waals surface area contributed by atoms with E-state index in [1.165, 1.54) is 31.4 Å². The van der Waals surface area contributed by atoms with Gasteiger partial charge in [-0.1, -0.05) is 6.42 Å². The minimum absolute atomic E-state index is 0.804. The van der Waals surface area contributed by atoms with Gasteiger partial charge in [0.25, 0.3) is 0 Å². The highest BCUT2D eigenvalue weighted by atomic mass is 15.3. The molecule has 0 aromatic carbocycles. The molecule has 0 aromatic rings. The Morgan fingerprint density at radius 1 is 1.44 bits per heavy atom. The first kappa shape index (κ1) is 5.27.